The number of alkyl halides is 3. The number of ether oxygens (including phenoxy) is 2. The van der Waals surface area contributed by atoms with Crippen LogP contribution in [0.3, 0.4) is 0 Å². The van der Waals surface area contributed by atoms with Crippen molar-refractivity contribution in [3.63, 3.8) is 0 Å². The Morgan fingerprint density at radius 2 is 1.89 bits per heavy atom. The predicted molar refractivity (Wildman–Crippen MR) is 97.6 cm³/mol. The molecule has 148 valence electrons. The molecular formula is C20H19F3N2O3. The van der Waals surface area contributed by atoms with E-state index in [-0.39, 0.29) is 17.7 Å². The third kappa shape index (κ3) is 4.44. The lowest BCUT2D eigenvalue weighted by molar-refractivity contribution is -0.137. The molecule has 0 bridgehead atoms. The van der Waals surface area contributed by atoms with Crippen molar-refractivity contribution < 1.29 is 27.4 Å². The fourth-order valence-electron chi connectivity index (χ4n) is 2.99. The molecule has 5 nitrogen and oxygen atoms in total. The van der Waals surface area contributed by atoms with E-state index in [9.17, 15) is 18.0 Å². The molecule has 1 aliphatic carbocycles. The lowest BCUT2D eigenvalue weighted by Gasteiger charge is -2.08. The molecule has 2 atom stereocenters. The predicted octanol–water partition coefficient (Wildman–Crippen LogP) is 3.98. The summed E-state index contributed by atoms with van der Waals surface area (Å²) in [5, 5.41) is 3.92. The number of amides is 1. The van der Waals surface area contributed by atoms with Crippen LogP contribution >= 0.6 is 0 Å². The van der Waals surface area contributed by atoms with Gasteiger partial charge in [-0.2, -0.15) is 18.3 Å². The Morgan fingerprint density at radius 1 is 1.14 bits per heavy atom. The van der Waals surface area contributed by atoms with Gasteiger partial charge in [-0.05, 0) is 47.7 Å². The molecule has 0 spiro atoms. The van der Waals surface area contributed by atoms with Gasteiger partial charge < -0.3 is 9.47 Å². The molecule has 2 aromatic carbocycles. The molecule has 2 aromatic rings. The van der Waals surface area contributed by atoms with Crippen LogP contribution in [0.2, 0.25) is 0 Å². The van der Waals surface area contributed by atoms with Crippen molar-refractivity contribution in [2.45, 2.75) is 18.5 Å². The van der Waals surface area contributed by atoms with E-state index < -0.39 is 11.7 Å². The Balaban J connectivity index is 1.59. The van der Waals surface area contributed by atoms with Crippen molar-refractivity contribution in [2.75, 3.05) is 14.2 Å². The SMILES string of the molecule is COc1ccc(/C=N/NC(=O)C2CC2c2cccc(C(F)(F)F)c2)cc1OC. The zero-order valence-electron chi connectivity index (χ0n) is 15.3. The highest BCUT2D eigenvalue weighted by molar-refractivity contribution is 5.86. The second-order valence-electron chi connectivity index (χ2n) is 6.42. The van der Waals surface area contributed by atoms with Gasteiger partial charge in [0.2, 0.25) is 5.91 Å². The van der Waals surface area contributed by atoms with E-state index in [1.54, 1.807) is 24.3 Å². The zero-order chi connectivity index (χ0) is 20.3. The summed E-state index contributed by atoms with van der Waals surface area (Å²) in [6.07, 6.45) is -2.44. The Morgan fingerprint density at radius 3 is 2.57 bits per heavy atom. The van der Waals surface area contributed by atoms with E-state index in [1.807, 2.05) is 0 Å². The maximum atomic E-state index is 12.8. The summed E-state index contributed by atoms with van der Waals surface area (Å²) < 4.78 is 48.8. The molecular weight excluding hydrogens is 373 g/mol. The Labute approximate surface area is 160 Å². The topological polar surface area (TPSA) is 59.9 Å². The maximum Gasteiger partial charge on any atom is 0.416 e. The number of carbonyl (C=O) groups is 1. The molecule has 0 aromatic heterocycles. The number of hydrogen-bond donors (Lipinski definition) is 1. The molecule has 1 amide bonds. The van der Waals surface area contributed by atoms with Gasteiger partial charge in [0, 0.05) is 5.92 Å². The second kappa shape index (κ2) is 7.92. The van der Waals surface area contributed by atoms with E-state index in [2.05, 4.69) is 10.5 Å². The number of hydrogen-bond acceptors (Lipinski definition) is 4. The number of nitrogens with one attached hydrogen (secondary N) is 1. The van der Waals surface area contributed by atoms with Crippen LogP contribution in [-0.2, 0) is 11.0 Å². The Hall–Kier alpha value is -3.03. The molecule has 1 saturated carbocycles. The molecule has 1 fully saturated rings. The van der Waals surface area contributed by atoms with Crippen LogP contribution in [0.15, 0.2) is 47.6 Å². The van der Waals surface area contributed by atoms with E-state index in [0.717, 1.165) is 12.1 Å². The van der Waals surface area contributed by atoms with Gasteiger partial charge in [-0.1, -0.05) is 18.2 Å². The van der Waals surface area contributed by atoms with Crippen molar-refractivity contribution >= 4 is 12.1 Å². The summed E-state index contributed by atoms with van der Waals surface area (Å²) in [6.45, 7) is 0. The van der Waals surface area contributed by atoms with E-state index >= 15 is 0 Å². The fourth-order valence-corrected chi connectivity index (χ4v) is 2.99. The quantitative estimate of drug-likeness (QED) is 0.598. The summed E-state index contributed by atoms with van der Waals surface area (Å²) in [6, 6.07) is 10.3. The van der Waals surface area contributed by atoms with Crippen molar-refractivity contribution in [1.29, 1.82) is 0 Å². The summed E-state index contributed by atoms with van der Waals surface area (Å²) in [4.78, 5) is 12.2. The summed E-state index contributed by atoms with van der Waals surface area (Å²) in [7, 11) is 3.05. The average Bonchev–Trinajstić information content (AvgIpc) is 3.48. The largest absolute Gasteiger partial charge is 0.493 e. The van der Waals surface area contributed by atoms with Crippen LogP contribution in [0.4, 0.5) is 13.2 Å². The van der Waals surface area contributed by atoms with Gasteiger partial charge in [0.05, 0.1) is 26.0 Å². The minimum atomic E-state index is -4.40. The first-order chi connectivity index (χ1) is 13.3. The first kappa shape index (κ1) is 19.7. The van der Waals surface area contributed by atoms with Gasteiger partial charge >= 0.3 is 6.18 Å². The summed E-state index contributed by atoms with van der Waals surface area (Å²) in [5.41, 5.74) is 2.94. The minimum absolute atomic E-state index is 0.224. The zero-order valence-corrected chi connectivity index (χ0v) is 15.3. The van der Waals surface area contributed by atoms with Crippen LogP contribution in [0.25, 0.3) is 0 Å². The number of nitrogens with zero attached hydrogens (tertiary/aromatic N) is 1. The molecule has 1 aliphatic rings. The standard InChI is InChI=1S/C20H19F3N2O3/c1-27-17-7-6-12(8-18(17)28-2)11-24-25-19(26)16-10-15(16)13-4-3-5-14(9-13)20(21,22)23/h3-9,11,15-16H,10H2,1-2H3,(H,25,26)/b24-11+. The number of benzene rings is 2. The minimum Gasteiger partial charge on any atom is -0.493 e. The number of halogens is 3. The molecule has 1 N–H and O–H groups in total. The number of carbonyl (C=O) groups excluding carboxylic acids is 1. The van der Waals surface area contributed by atoms with Gasteiger partial charge in [0.1, 0.15) is 0 Å². The summed E-state index contributed by atoms with van der Waals surface area (Å²) >= 11 is 0. The lowest BCUT2D eigenvalue weighted by Crippen LogP contribution is -2.20. The highest BCUT2D eigenvalue weighted by Crippen LogP contribution is 2.48. The third-order valence-corrected chi connectivity index (χ3v) is 4.57. The molecule has 2 unspecified atom stereocenters. The molecule has 0 saturated heterocycles. The fraction of sp³-hybridized carbons (Fsp3) is 0.300. The number of rotatable bonds is 6. The first-order valence-electron chi connectivity index (χ1n) is 8.55. The normalized spacial score (nSPS) is 18.8. The average molecular weight is 392 g/mol. The van der Waals surface area contributed by atoms with E-state index in [0.29, 0.717) is 29.0 Å². The smallest absolute Gasteiger partial charge is 0.416 e. The molecule has 3 rings (SSSR count). The number of methoxy groups -OCH3 is 2. The van der Waals surface area contributed by atoms with Crippen molar-refractivity contribution in [3.05, 3.63) is 59.2 Å². The van der Waals surface area contributed by atoms with Crippen LogP contribution in [0.5, 0.6) is 11.5 Å². The van der Waals surface area contributed by atoms with Gasteiger partial charge in [-0.3, -0.25) is 4.79 Å². The summed E-state index contributed by atoms with van der Waals surface area (Å²) in [5.74, 6) is 0.180. The Bertz CT molecular complexity index is 897. The van der Waals surface area contributed by atoms with Crippen molar-refractivity contribution in [3.8, 4) is 11.5 Å². The van der Waals surface area contributed by atoms with Gasteiger partial charge in [-0.25, -0.2) is 5.43 Å². The monoisotopic (exact) mass is 392 g/mol. The first-order valence-corrected chi connectivity index (χ1v) is 8.55. The van der Waals surface area contributed by atoms with Crippen LogP contribution < -0.4 is 14.9 Å². The van der Waals surface area contributed by atoms with Gasteiger partial charge in [-0.15, -0.1) is 0 Å². The molecule has 8 heteroatoms. The Kier molecular flexibility index (Phi) is 5.58. The van der Waals surface area contributed by atoms with Crippen LogP contribution in [0.1, 0.15) is 29.0 Å². The van der Waals surface area contributed by atoms with E-state index in [4.69, 9.17) is 9.47 Å². The van der Waals surface area contributed by atoms with Crippen molar-refractivity contribution in [1.82, 2.24) is 5.43 Å². The number of hydrazone groups is 1. The molecule has 0 heterocycles. The molecule has 28 heavy (non-hydrogen) atoms. The molecule has 0 aliphatic heterocycles. The second-order valence-corrected chi connectivity index (χ2v) is 6.42. The van der Waals surface area contributed by atoms with Crippen LogP contribution in [0, 0.1) is 5.92 Å². The highest BCUT2D eigenvalue weighted by atomic mass is 19.4. The van der Waals surface area contributed by atoms with Gasteiger partial charge in [0.25, 0.3) is 0 Å². The van der Waals surface area contributed by atoms with Crippen molar-refractivity contribution in [2.24, 2.45) is 11.0 Å². The van der Waals surface area contributed by atoms with Gasteiger partial charge in [0.15, 0.2) is 11.5 Å². The van der Waals surface area contributed by atoms with Crippen LogP contribution in [-0.4, -0.2) is 26.3 Å². The third-order valence-electron chi connectivity index (χ3n) is 4.57. The lowest BCUT2D eigenvalue weighted by atomic mass is 10.1. The highest BCUT2D eigenvalue weighted by Gasteiger charge is 2.44. The van der Waals surface area contributed by atoms with E-state index in [1.165, 1.54) is 26.5 Å². The molecule has 0 radical (unpaired) electrons. The maximum absolute atomic E-state index is 12.8.